The van der Waals surface area contributed by atoms with Gasteiger partial charge in [-0.15, -0.1) is 11.8 Å². The summed E-state index contributed by atoms with van der Waals surface area (Å²) in [5.41, 5.74) is 1.37. The molecular weight excluding hydrogens is 406 g/mol. The van der Waals surface area contributed by atoms with E-state index >= 15 is 0 Å². The van der Waals surface area contributed by atoms with Crippen LogP contribution in [0.25, 0.3) is 0 Å². The van der Waals surface area contributed by atoms with Gasteiger partial charge in [-0.05, 0) is 19.9 Å². The first-order valence-electron chi connectivity index (χ1n) is 10.2. The lowest BCUT2D eigenvalue weighted by atomic mass is 10.0. The largest absolute Gasteiger partial charge is 0.493 e. The van der Waals surface area contributed by atoms with Gasteiger partial charge < -0.3 is 24.4 Å². The van der Waals surface area contributed by atoms with Crippen LogP contribution in [0.2, 0.25) is 0 Å². The highest BCUT2D eigenvalue weighted by Gasteiger charge is 2.58. The van der Waals surface area contributed by atoms with Crippen molar-refractivity contribution >= 4 is 23.6 Å². The third kappa shape index (κ3) is 3.52. The van der Waals surface area contributed by atoms with E-state index in [4.69, 9.17) is 14.2 Å². The molecule has 2 fully saturated rings. The highest BCUT2D eigenvalue weighted by Crippen LogP contribution is 2.58. The molecule has 8 nitrogen and oxygen atoms in total. The zero-order valence-corrected chi connectivity index (χ0v) is 18.7. The van der Waals surface area contributed by atoms with Crippen LogP contribution >= 0.6 is 11.8 Å². The van der Waals surface area contributed by atoms with E-state index in [0.717, 1.165) is 38.4 Å². The number of carbonyl (C=O) groups is 2. The number of ether oxygens (including phenoxy) is 3. The van der Waals surface area contributed by atoms with E-state index in [1.54, 1.807) is 23.8 Å². The minimum Gasteiger partial charge on any atom is -0.493 e. The summed E-state index contributed by atoms with van der Waals surface area (Å²) in [6.45, 7) is 8.59. The Balaban J connectivity index is 1.53. The van der Waals surface area contributed by atoms with Crippen molar-refractivity contribution in [1.82, 2.24) is 15.1 Å². The second-order valence-electron chi connectivity index (χ2n) is 8.20. The van der Waals surface area contributed by atoms with Crippen molar-refractivity contribution in [3.05, 3.63) is 23.3 Å². The van der Waals surface area contributed by atoms with Crippen molar-refractivity contribution in [2.75, 3.05) is 53.6 Å². The fraction of sp³-hybridized carbons (Fsp3) is 0.619. The van der Waals surface area contributed by atoms with Crippen molar-refractivity contribution in [2.45, 2.75) is 30.0 Å². The van der Waals surface area contributed by atoms with E-state index in [9.17, 15) is 9.59 Å². The molecule has 0 aromatic heterocycles. The van der Waals surface area contributed by atoms with Crippen LogP contribution in [0.3, 0.4) is 0 Å². The van der Waals surface area contributed by atoms with Crippen LogP contribution in [0, 0.1) is 0 Å². The van der Waals surface area contributed by atoms with E-state index in [2.05, 4.69) is 10.2 Å². The Morgan fingerprint density at radius 2 is 2.00 bits per heavy atom. The SMILES string of the molecule is COc1ccc2c(c1OC)C(=O)N1C2SC(C)(C)C1C(=O)NCCN1CCOCC1. The molecule has 164 valence electrons. The Hall–Kier alpha value is -1.97. The van der Waals surface area contributed by atoms with Crippen molar-refractivity contribution in [3.8, 4) is 11.5 Å². The minimum absolute atomic E-state index is 0.115. The molecule has 0 radical (unpaired) electrons. The maximum absolute atomic E-state index is 13.4. The van der Waals surface area contributed by atoms with Crippen LogP contribution in [0.5, 0.6) is 11.5 Å². The van der Waals surface area contributed by atoms with E-state index < -0.39 is 10.8 Å². The molecule has 0 aliphatic carbocycles. The van der Waals surface area contributed by atoms with Gasteiger partial charge in [0.05, 0.1) is 33.0 Å². The smallest absolute Gasteiger partial charge is 0.260 e. The molecule has 3 heterocycles. The fourth-order valence-corrected chi connectivity index (χ4v) is 6.09. The van der Waals surface area contributed by atoms with Crippen LogP contribution in [-0.4, -0.2) is 86.0 Å². The number of fused-ring (bicyclic) bond motifs is 3. The number of rotatable bonds is 6. The van der Waals surface area contributed by atoms with Gasteiger partial charge in [0.15, 0.2) is 11.5 Å². The summed E-state index contributed by atoms with van der Waals surface area (Å²) < 4.78 is 15.8. The summed E-state index contributed by atoms with van der Waals surface area (Å²) in [6.07, 6.45) is 0. The molecule has 1 aromatic carbocycles. The molecule has 30 heavy (non-hydrogen) atoms. The lowest BCUT2D eigenvalue weighted by Crippen LogP contribution is -2.53. The molecule has 2 atom stereocenters. The maximum atomic E-state index is 13.4. The normalized spacial score (nSPS) is 25.1. The Kier molecular flexibility index (Phi) is 5.87. The van der Waals surface area contributed by atoms with Crippen LogP contribution in [0.1, 0.15) is 35.1 Å². The van der Waals surface area contributed by atoms with Gasteiger partial charge in [-0.2, -0.15) is 0 Å². The number of benzene rings is 1. The average Bonchev–Trinajstić information content (AvgIpc) is 3.17. The summed E-state index contributed by atoms with van der Waals surface area (Å²) in [7, 11) is 3.08. The van der Waals surface area contributed by atoms with Crippen molar-refractivity contribution in [3.63, 3.8) is 0 Å². The van der Waals surface area contributed by atoms with Gasteiger partial charge in [0.2, 0.25) is 5.91 Å². The van der Waals surface area contributed by atoms with Gasteiger partial charge in [0.1, 0.15) is 11.4 Å². The molecule has 1 N–H and O–H groups in total. The highest BCUT2D eigenvalue weighted by atomic mass is 32.2. The van der Waals surface area contributed by atoms with Crippen molar-refractivity contribution in [1.29, 1.82) is 0 Å². The van der Waals surface area contributed by atoms with Gasteiger partial charge in [0.25, 0.3) is 5.91 Å². The molecule has 0 bridgehead atoms. The number of thioether (sulfide) groups is 1. The second kappa shape index (κ2) is 8.28. The molecular formula is C21H29N3O5S. The third-order valence-corrected chi connectivity index (χ3v) is 7.51. The van der Waals surface area contributed by atoms with Crippen molar-refractivity contribution in [2.24, 2.45) is 0 Å². The first-order chi connectivity index (χ1) is 14.4. The average molecular weight is 436 g/mol. The summed E-state index contributed by atoms with van der Waals surface area (Å²) in [5, 5.41) is 2.84. The molecule has 2 saturated heterocycles. The van der Waals surface area contributed by atoms with Crippen LogP contribution in [-0.2, 0) is 9.53 Å². The number of nitrogens with zero attached hydrogens (tertiary/aromatic N) is 2. The number of morpholine rings is 1. The van der Waals surface area contributed by atoms with E-state index in [1.807, 2.05) is 26.0 Å². The summed E-state index contributed by atoms with van der Waals surface area (Å²) in [5.74, 6) is 0.647. The first-order valence-corrected chi connectivity index (χ1v) is 11.1. The molecule has 0 saturated carbocycles. The maximum Gasteiger partial charge on any atom is 0.260 e. The third-order valence-electron chi connectivity index (χ3n) is 5.98. The van der Waals surface area contributed by atoms with Crippen LogP contribution in [0.4, 0.5) is 0 Å². The van der Waals surface area contributed by atoms with Crippen LogP contribution in [0.15, 0.2) is 12.1 Å². The zero-order chi connectivity index (χ0) is 21.5. The first kappa shape index (κ1) is 21.3. The predicted octanol–water partition coefficient (Wildman–Crippen LogP) is 1.50. The van der Waals surface area contributed by atoms with Gasteiger partial charge in [-0.25, -0.2) is 0 Å². The van der Waals surface area contributed by atoms with Crippen molar-refractivity contribution < 1.29 is 23.8 Å². The lowest BCUT2D eigenvalue weighted by molar-refractivity contribution is -0.126. The number of nitrogens with one attached hydrogen (secondary N) is 1. The highest BCUT2D eigenvalue weighted by molar-refractivity contribution is 8.01. The fourth-order valence-electron chi connectivity index (χ4n) is 4.51. The van der Waals surface area contributed by atoms with Gasteiger partial charge in [0, 0.05) is 36.5 Å². The van der Waals surface area contributed by atoms with E-state index in [-0.39, 0.29) is 17.2 Å². The molecule has 2 amide bonds. The predicted molar refractivity (Wildman–Crippen MR) is 114 cm³/mol. The quantitative estimate of drug-likeness (QED) is 0.725. The van der Waals surface area contributed by atoms with Gasteiger partial charge >= 0.3 is 0 Å². The molecule has 3 aliphatic heterocycles. The Morgan fingerprint density at radius 1 is 1.27 bits per heavy atom. The van der Waals surface area contributed by atoms with E-state index in [1.165, 1.54) is 7.11 Å². The molecule has 9 heteroatoms. The number of methoxy groups -OCH3 is 2. The second-order valence-corrected chi connectivity index (χ2v) is 9.93. The number of hydrogen-bond donors (Lipinski definition) is 1. The van der Waals surface area contributed by atoms with Crippen LogP contribution < -0.4 is 14.8 Å². The molecule has 2 unspecified atom stereocenters. The van der Waals surface area contributed by atoms with Gasteiger partial charge in [-0.1, -0.05) is 6.07 Å². The molecule has 4 rings (SSSR count). The number of carbonyl (C=O) groups excluding carboxylic acids is 2. The standard InChI is InChI=1S/C21H29N3O5S/c1-21(2)17(18(25)22-7-8-23-9-11-29-12-10-23)24-19(26)15-13(20(24)30-21)5-6-14(27-3)16(15)28-4/h5-6,17,20H,7-12H2,1-4H3,(H,22,25). The number of amides is 2. The Morgan fingerprint density at radius 3 is 2.67 bits per heavy atom. The van der Waals surface area contributed by atoms with E-state index in [0.29, 0.717) is 23.6 Å². The minimum atomic E-state index is -0.562. The number of hydrogen-bond acceptors (Lipinski definition) is 7. The lowest BCUT2D eigenvalue weighted by Gasteiger charge is -2.30. The Labute approximate surface area is 181 Å². The molecule has 1 aromatic rings. The monoisotopic (exact) mass is 435 g/mol. The van der Waals surface area contributed by atoms with Gasteiger partial charge in [-0.3, -0.25) is 14.5 Å². The Bertz CT molecular complexity index is 840. The summed E-state index contributed by atoms with van der Waals surface area (Å²) in [6, 6.07) is 3.16. The topological polar surface area (TPSA) is 80.3 Å². The summed E-state index contributed by atoms with van der Waals surface area (Å²) in [4.78, 5) is 30.6. The summed E-state index contributed by atoms with van der Waals surface area (Å²) >= 11 is 1.64. The zero-order valence-electron chi connectivity index (χ0n) is 17.9. The molecule has 0 spiro atoms. The molecule has 3 aliphatic rings.